The van der Waals surface area contributed by atoms with Gasteiger partial charge in [-0.1, -0.05) is 48.5 Å². The van der Waals surface area contributed by atoms with Crippen LogP contribution in [0.4, 0.5) is 11.6 Å². The summed E-state index contributed by atoms with van der Waals surface area (Å²) in [7, 11) is 1.68. The Labute approximate surface area is 160 Å². The number of anilines is 2. The highest BCUT2D eigenvalue weighted by atomic mass is 16.5. The molecule has 0 spiro atoms. The normalized spacial score (nSPS) is 10.3. The molecule has 0 unspecified atom stereocenters. The second-order valence-corrected chi connectivity index (χ2v) is 6.03. The van der Waals surface area contributed by atoms with Crippen LogP contribution in [0.1, 0.15) is 5.56 Å². The number of aromatic nitrogens is 2. The van der Waals surface area contributed by atoms with Crippen LogP contribution in [0, 0.1) is 0 Å². The fourth-order valence-corrected chi connectivity index (χ4v) is 2.68. The van der Waals surface area contributed by atoms with Gasteiger partial charge < -0.3 is 15.4 Å². The molecule has 0 aliphatic rings. The maximum absolute atomic E-state index is 5.28. The Kier molecular flexibility index (Phi) is 6.41. The summed E-state index contributed by atoms with van der Waals surface area (Å²) >= 11 is 0. The van der Waals surface area contributed by atoms with Crippen LogP contribution in [0.5, 0.6) is 5.75 Å². The van der Waals surface area contributed by atoms with Gasteiger partial charge in [0.2, 0.25) is 0 Å². The van der Waals surface area contributed by atoms with Gasteiger partial charge in [-0.2, -0.15) is 0 Å². The molecule has 0 aliphatic carbocycles. The van der Waals surface area contributed by atoms with Gasteiger partial charge >= 0.3 is 0 Å². The van der Waals surface area contributed by atoms with Crippen molar-refractivity contribution in [2.75, 3.05) is 30.8 Å². The van der Waals surface area contributed by atoms with Gasteiger partial charge in [0.05, 0.1) is 7.11 Å². The zero-order valence-corrected chi connectivity index (χ0v) is 15.5. The van der Waals surface area contributed by atoms with E-state index in [1.807, 2.05) is 54.6 Å². The summed E-state index contributed by atoms with van der Waals surface area (Å²) in [4.78, 5) is 9.27. The molecule has 0 saturated heterocycles. The van der Waals surface area contributed by atoms with Crippen molar-refractivity contribution in [3.63, 3.8) is 0 Å². The van der Waals surface area contributed by atoms with Crippen molar-refractivity contribution in [3.8, 4) is 17.1 Å². The number of hydrogen-bond acceptors (Lipinski definition) is 5. The van der Waals surface area contributed by atoms with Crippen LogP contribution in [0.25, 0.3) is 11.4 Å². The molecule has 0 aliphatic heterocycles. The average Bonchev–Trinajstić information content (AvgIpc) is 2.73. The van der Waals surface area contributed by atoms with Gasteiger partial charge in [-0.25, -0.2) is 9.97 Å². The minimum Gasteiger partial charge on any atom is -0.497 e. The lowest BCUT2D eigenvalue weighted by atomic mass is 10.1. The molecule has 27 heavy (non-hydrogen) atoms. The first kappa shape index (κ1) is 18.5. The Morgan fingerprint density at radius 1 is 0.963 bits per heavy atom. The van der Waals surface area contributed by atoms with Gasteiger partial charge in [-0.3, -0.25) is 0 Å². The standard InChI is InChI=1S/C22H24N4O/c1-3-13-23-20-16-21(26-22(25-20)18-9-5-4-6-10-18)24-14-12-17-8-7-11-19(15-17)27-2/h3-11,15-16H,1,12-14H2,2H3,(H2,23,24,25,26). The molecule has 138 valence electrons. The van der Waals surface area contributed by atoms with E-state index in [0.717, 1.165) is 35.9 Å². The van der Waals surface area contributed by atoms with Crippen molar-refractivity contribution in [2.45, 2.75) is 6.42 Å². The number of ether oxygens (including phenoxy) is 1. The lowest BCUT2D eigenvalue weighted by molar-refractivity contribution is 0.414. The molecule has 2 aromatic carbocycles. The van der Waals surface area contributed by atoms with Crippen molar-refractivity contribution >= 4 is 11.6 Å². The topological polar surface area (TPSA) is 59.1 Å². The van der Waals surface area contributed by atoms with Crippen LogP contribution in [0.2, 0.25) is 0 Å². The molecule has 5 heteroatoms. The van der Waals surface area contributed by atoms with Crippen molar-refractivity contribution in [2.24, 2.45) is 0 Å². The van der Waals surface area contributed by atoms with Gasteiger partial charge in [0.25, 0.3) is 0 Å². The Morgan fingerprint density at radius 2 is 1.74 bits per heavy atom. The summed E-state index contributed by atoms with van der Waals surface area (Å²) in [6.07, 6.45) is 2.68. The Balaban J connectivity index is 1.74. The summed E-state index contributed by atoms with van der Waals surface area (Å²) in [5, 5.41) is 6.64. The predicted molar refractivity (Wildman–Crippen MR) is 111 cm³/mol. The fraction of sp³-hybridized carbons (Fsp3) is 0.182. The minimum atomic E-state index is 0.647. The van der Waals surface area contributed by atoms with E-state index in [1.165, 1.54) is 5.56 Å². The van der Waals surface area contributed by atoms with Crippen molar-refractivity contribution in [1.29, 1.82) is 0 Å². The Bertz CT molecular complexity index is 880. The van der Waals surface area contributed by atoms with E-state index in [9.17, 15) is 0 Å². The second kappa shape index (κ2) is 9.38. The van der Waals surface area contributed by atoms with Gasteiger partial charge in [0, 0.05) is 24.7 Å². The molecule has 3 aromatic rings. The van der Waals surface area contributed by atoms with Crippen LogP contribution in [0.3, 0.4) is 0 Å². The average molecular weight is 360 g/mol. The van der Waals surface area contributed by atoms with Crippen LogP contribution >= 0.6 is 0 Å². The van der Waals surface area contributed by atoms with Crippen LogP contribution in [0.15, 0.2) is 73.3 Å². The number of methoxy groups -OCH3 is 1. The summed E-state index contributed by atoms with van der Waals surface area (Å²) < 4.78 is 5.28. The molecule has 2 N–H and O–H groups in total. The highest BCUT2D eigenvalue weighted by molar-refractivity contribution is 5.61. The number of rotatable bonds is 9. The molecular weight excluding hydrogens is 336 g/mol. The first-order chi connectivity index (χ1) is 13.3. The maximum Gasteiger partial charge on any atom is 0.163 e. The van der Waals surface area contributed by atoms with E-state index >= 15 is 0 Å². The van der Waals surface area contributed by atoms with E-state index < -0.39 is 0 Å². The Morgan fingerprint density at radius 3 is 2.48 bits per heavy atom. The zero-order valence-electron chi connectivity index (χ0n) is 15.5. The van der Waals surface area contributed by atoms with E-state index in [-0.39, 0.29) is 0 Å². The van der Waals surface area contributed by atoms with Crippen molar-refractivity contribution in [1.82, 2.24) is 9.97 Å². The fourth-order valence-electron chi connectivity index (χ4n) is 2.68. The smallest absolute Gasteiger partial charge is 0.163 e. The molecule has 0 radical (unpaired) electrons. The van der Waals surface area contributed by atoms with Crippen LogP contribution < -0.4 is 15.4 Å². The highest BCUT2D eigenvalue weighted by Gasteiger charge is 2.07. The largest absolute Gasteiger partial charge is 0.497 e. The van der Waals surface area contributed by atoms with Crippen LogP contribution in [-0.4, -0.2) is 30.2 Å². The third-order valence-electron chi connectivity index (χ3n) is 4.04. The number of nitrogens with zero attached hydrogens (tertiary/aromatic N) is 2. The molecule has 0 amide bonds. The molecular formula is C22H24N4O. The van der Waals surface area contributed by atoms with Crippen LogP contribution in [-0.2, 0) is 6.42 Å². The molecule has 1 aromatic heterocycles. The Hall–Kier alpha value is -3.34. The molecule has 1 heterocycles. The van der Waals surface area contributed by atoms with E-state index in [4.69, 9.17) is 4.74 Å². The van der Waals surface area contributed by atoms with Gasteiger partial charge in [-0.05, 0) is 24.1 Å². The number of nitrogens with one attached hydrogen (secondary N) is 2. The van der Waals surface area contributed by atoms with Crippen molar-refractivity contribution < 1.29 is 4.74 Å². The molecule has 0 bridgehead atoms. The van der Waals surface area contributed by atoms with Gasteiger partial charge in [0.1, 0.15) is 17.4 Å². The van der Waals surface area contributed by atoms with Gasteiger partial charge in [-0.15, -0.1) is 6.58 Å². The van der Waals surface area contributed by atoms with Crippen molar-refractivity contribution in [3.05, 3.63) is 78.9 Å². The molecule has 3 rings (SSSR count). The van der Waals surface area contributed by atoms with Gasteiger partial charge in [0.15, 0.2) is 5.82 Å². The van der Waals surface area contributed by atoms with E-state index in [2.05, 4.69) is 33.2 Å². The highest BCUT2D eigenvalue weighted by Crippen LogP contribution is 2.20. The molecule has 0 fully saturated rings. The third kappa shape index (κ3) is 5.31. The lowest BCUT2D eigenvalue weighted by Crippen LogP contribution is -2.09. The summed E-state index contributed by atoms with van der Waals surface area (Å²) in [6.45, 7) is 5.15. The third-order valence-corrected chi connectivity index (χ3v) is 4.04. The SMILES string of the molecule is C=CCNc1cc(NCCc2cccc(OC)c2)nc(-c2ccccc2)n1. The molecule has 0 saturated carbocycles. The summed E-state index contributed by atoms with van der Waals surface area (Å²) in [5.74, 6) is 3.12. The summed E-state index contributed by atoms with van der Waals surface area (Å²) in [5.41, 5.74) is 2.19. The summed E-state index contributed by atoms with van der Waals surface area (Å²) in [6, 6.07) is 20.0. The molecule has 0 atom stereocenters. The quantitative estimate of drug-likeness (QED) is 0.554. The predicted octanol–water partition coefficient (Wildman–Crippen LogP) is 4.40. The zero-order chi connectivity index (χ0) is 18.9. The number of benzene rings is 2. The molecule has 5 nitrogen and oxygen atoms in total. The number of hydrogen-bond donors (Lipinski definition) is 2. The maximum atomic E-state index is 5.28. The minimum absolute atomic E-state index is 0.647. The lowest BCUT2D eigenvalue weighted by Gasteiger charge is -2.11. The monoisotopic (exact) mass is 360 g/mol. The second-order valence-electron chi connectivity index (χ2n) is 6.03. The first-order valence-corrected chi connectivity index (χ1v) is 8.94. The van der Waals surface area contributed by atoms with E-state index in [1.54, 1.807) is 13.2 Å². The first-order valence-electron chi connectivity index (χ1n) is 8.94. The van der Waals surface area contributed by atoms with E-state index in [0.29, 0.717) is 12.4 Å².